The third-order valence-electron chi connectivity index (χ3n) is 2.94. The molecule has 1 aliphatic rings. The van der Waals surface area contributed by atoms with E-state index in [1.165, 1.54) is 11.3 Å². The Kier molecular flexibility index (Phi) is 4.82. The van der Waals surface area contributed by atoms with Crippen LogP contribution in [0, 0.1) is 0 Å². The largest absolute Gasteiger partial charge is 0.285 e. The van der Waals surface area contributed by atoms with Gasteiger partial charge in [0.15, 0.2) is 4.32 Å². The topological polar surface area (TPSA) is 49.4 Å². The number of thiophene rings is 1. The molecule has 0 radical (unpaired) electrons. The maximum absolute atomic E-state index is 12.4. The highest BCUT2D eigenvalue weighted by molar-refractivity contribution is 8.26. The number of benzene rings is 1. The lowest BCUT2D eigenvalue weighted by atomic mass is 10.2. The summed E-state index contributed by atoms with van der Waals surface area (Å²) in [6, 6.07) is 10.4. The van der Waals surface area contributed by atoms with Gasteiger partial charge in [-0.1, -0.05) is 41.6 Å². The van der Waals surface area contributed by atoms with Crippen LogP contribution in [0.5, 0.6) is 0 Å². The Morgan fingerprint density at radius 3 is 2.74 bits per heavy atom. The van der Waals surface area contributed by atoms with Gasteiger partial charge in [-0.25, -0.2) is 0 Å². The van der Waals surface area contributed by atoms with E-state index in [1.54, 1.807) is 30.3 Å². The van der Waals surface area contributed by atoms with Gasteiger partial charge in [0.1, 0.15) is 0 Å². The molecule has 8 heteroatoms. The highest BCUT2D eigenvalue weighted by Crippen LogP contribution is 2.32. The molecule has 2 heterocycles. The molecule has 23 heavy (non-hydrogen) atoms. The van der Waals surface area contributed by atoms with Crippen LogP contribution in [0.2, 0.25) is 5.02 Å². The number of nitrogens with zero attached hydrogens (tertiary/aromatic N) is 1. The normalized spacial score (nSPS) is 16.2. The summed E-state index contributed by atoms with van der Waals surface area (Å²) in [5, 5.41) is 3.31. The molecule has 2 amide bonds. The molecule has 0 saturated carbocycles. The van der Waals surface area contributed by atoms with Crippen molar-refractivity contribution >= 4 is 69.1 Å². The number of carbonyl (C=O) groups is 2. The summed E-state index contributed by atoms with van der Waals surface area (Å²) in [7, 11) is 0. The van der Waals surface area contributed by atoms with Crippen LogP contribution in [-0.4, -0.2) is 21.1 Å². The second kappa shape index (κ2) is 6.84. The van der Waals surface area contributed by atoms with Crippen LogP contribution in [0.1, 0.15) is 15.2 Å². The third kappa shape index (κ3) is 3.48. The Labute approximate surface area is 151 Å². The van der Waals surface area contributed by atoms with Gasteiger partial charge in [-0.15, -0.1) is 11.3 Å². The van der Waals surface area contributed by atoms with Gasteiger partial charge in [0.25, 0.3) is 11.8 Å². The highest BCUT2D eigenvalue weighted by Gasteiger charge is 2.34. The van der Waals surface area contributed by atoms with Crippen LogP contribution in [0.25, 0.3) is 6.08 Å². The van der Waals surface area contributed by atoms with E-state index in [4.69, 9.17) is 23.8 Å². The Bertz CT molecular complexity index is 818. The first-order valence-corrected chi connectivity index (χ1v) is 8.91. The minimum Gasteiger partial charge on any atom is -0.267 e. The SMILES string of the molecule is O=C(NN1C(=O)C(=Cc2cccs2)SC1=S)c1ccccc1Cl. The molecule has 0 atom stereocenters. The second-order valence-electron chi connectivity index (χ2n) is 4.45. The number of thiocarbonyl (C=S) groups is 1. The Balaban J connectivity index is 1.79. The number of hydrogen-bond acceptors (Lipinski definition) is 5. The predicted octanol–water partition coefficient (Wildman–Crippen LogP) is 3.95. The van der Waals surface area contributed by atoms with Crippen molar-refractivity contribution in [1.29, 1.82) is 0 Å². The number of carbonyl (C=O) groups excluding carboxylic acids is 2. The summed E-state index contributed by atoms with van der Waals surface area (Å²) in [4.78, 5) is 26.1. The van der Waals surface area contributed by atoms with E-state index in [9.17, 15) is 9.59 Å². The number of nitrogens with one attached hydrogen (secondary N) is 1. The molecule has 116 valence electrons. The summed E-state index contributed by atoms with van der Waals surface area (Å²) in [6.07, 6.45) is 1.76. The Hall–Kier alpha value is -1.67. The number of hydrazine groups is 1. The monoisotopic (exact) mass is 380 g/mol. The van der Waals surface area contributed by atoms with Gasteiger partial charge in [0, 0.05) is 4.88 Å². The lowest BCUT2D eigenvalue weighted by Gasteiger charge is -2.16. The van der Waals surface area contributed by atoms with E-state index in [0.717, 1.165) is 21.6 Å². The summed E-state index contributed by atoms with van der Waals surface area (Å²) >= 11 is 13.8. The first-order valence-electron chi connectivity index (χ1n) is 6.43. The molecular weight excluding hydrogens is 372 g/mol. The van der Waals surface area contributed by atoms with Crippen LogP contribution in [0.4, 0.5) is 0 Å². The van der Waals surface area contributed by atoms with Crippen LogP contribution in [-0.2, 0) is 4.79 Å². The second-order valence-corrected chi connectivity index (χ2v) is 7.52. The van der Waals surface area contributed by atoms with E-state index in [0.29, 0.717) is 9.93 Å². The van der Waals surface area contributed by atoms with Gasteiger partial charge >= 0.3 is 0 Å². The summed E-state index contributed by atoms with van der Waals surface area (Å²) < 4.78 is 0.276. The quantitative estimate of drug-likeness (QED) is 0.647. The van der Waals surface area contributed by atoms with Crippen molar-refractivity contribution < 1.29 is 9.59 Å². The van der Waals surface area contributed by atoms with Gasteiger partial charge in [0.2, 0.25) is 0 Å². The van der Waals surface area contributed by atoms with E-state index in [1.807, 2.05) is 17.5 Å². The fourth-order valence-corrected chi connectivity index (χ4v) is 4.00. The standard InChI is InChI=1S/C15H9ClN2O2S3/c16-11-6-2-1-5-10(11)13(19)17-18-14(20)12(23-15(18)21)8-9-4-3-7-22-9/h1-8H,(H,17,19). The van der Waals surface area contributed by atoms with Crippen molar-refractivity contribution in [1.82, 2.24) is 10.4 Å². The van der Waals surface area contributed by atoms with E-state index >= 15 is 0 Å². The van der Waals surface area contributed by atoms with Gasteiger partial charge in [-0.05, 0) is 41.9 Å². The smallest absolute Gasteiger partial charge is 0.267 e. The van der Waals surface area contributed by atoms with Crippen molar-refractivity contribution in [3.8, 4) is 0 Å². The first kappa shape index (κ1) is 16.2. The highest BCUT2D eigenvalue weighted by atomic mass is 35.5. The minimum absolute atomic E-state index is 0.276. The van der Waals surface area contributed by atoms with Crippen molar-refractivity contribution in [3.05, 3.63) is 62.1 Å². The molecule has 0 aliphatic carbocycles. The predicted molar refractivity (Wildman–Crippen MR) is 98.2 cm³/mol. The van der Waals surface area contributed by atoms with Gasteiger partial charge in [-0.3, -0.25) is 15.0 Å². The van der Waals surface area contributed by atoms with Gasteiger partial charge in [0.05, 0.1) is 15.5 Å². The van der Waals surface area contributed by atoms with Crippen LogP contribution in [0.3, 0.4) is 0 Å². The van der Waals surface area contributed by atoms with Crippen molar-refractivity contribution in [2.75, 3.05) is 0 Å². The average molecular weight is 381 g/mol. The Morgan fingerprint density at radius 2 is 2.04 bits per heavy atom. The van der Waals surface area contributed by atoms with Crippen LogP contribution < -0.4 is 5.43 Å². The molecule has 0 bridgehead atoms. The van der Waals surface area contributed by atoms with Crippen molar-refractivity contribution in [3.63, 3.8) is 0 Å². The zero-order chi connectivity index (χ0) is 16.4. The zero-order valence-electron chi connectivity index (χ0n) is 11.5. The molecule has 3 rings (SSSR count). The fraction of sp³-hybridized carbons (Fsp3) is 0. The van der Waals surface area contributed by atoms with E-state index in [2.05, 4.69) is 5.43 Å². The summed E-state index contributed by atoms with van der Waals surface area (Å²) in [6.45, 7) is 0. The molecule has 1 fully saturated rings. The number of thioether (sulfide) groups is 1. The van der Waals surface area contributed by atoms with Gasteiger partial charge in [-0.2, -0.15) is 5.01 Å². The number of halogens is 1. The first-order chi connectivity index (χ1) is 11.1. The molecule has 1 aliphatic heterocycles. The molecule has 0 spiro atoms. The van der Waals surface area contributed by atoms with E-state index in [-0.39, 0.29) is 15.8 Å². The molecule has 1 N–H and O–H groups in total. The molecule has 1 aromatic heterocycles. The lowest BCUT2D eigenvalue weighted by molar-refractivity contribution is -0.123. The van der Waals surface area contributed by atoms with Crippen LogP contribution in [0.15, 0.2) is 46.7 Å². The zero-order valence-corrected chi connectivity index (χ0v) is 14.7. The third-order valence-corrected chi connectivity index (χ3v) is 5.39. The molecule has 1 saturated heterocycles. The number of hydrogen-bond donors (Lipinski definition) is 1. The summed E-state index contributed by atoms with van der Waals surface area (Å²) in [5.74, 6) is -0.835. The number of rotatable bonds is 3. The summed E-state index contributed by atoms with van der Waals surface area (Å²) in [5.41, 5.74) is 2.79. The Morgan fingerprint density at radius 1 is 1.26 bits per heavy atom. The fourth-order valence-electron chi connectivity index (χ4n) is 1.87. The van der Waals surface area contributed by atoms with Crippen molar-refractivity contribution in [2.45, 2.75) is 0 Å². The van der Waals surface area contributed by atoms with Crippen molar-refractivity contribution in [2.24, 2.45) is 0 Å². The maximum Gasteiger partial charge on any atom is 0.285 e. The molecule has 1 aromatic carbocycles. The number of amides is 2. The molecule has 4 nitrogen and oxygen atoms in total. The molecular formula is C15H9ClN2O2S3. The molecule has 2 aromatic rings. The van der Waals surface area contributed by atoms with E-state index < -0.39 is 5.91 Å². The van der Waals surface area contributed by atoms with Crippen LogP contribution >= 0.6 is 46.9 Å². The average Bonchev–Trinajstić information content (AvgIpc) is 3.12. The molecule has 0 unspecified atom stereocenters. The maximum atomic E-state index is 12.4. The minimum atomic E-state index is -0.482. The lowest BCUT2D eigenvalue weighted by Crippen LogP contribution is -2.44. The van der Waals surface area contributed by atoms with Gasteiger partial charge < -0.3 is 0 Å².